The molecule has 1 unspecified atom stereocenters. The maximum atomic E-state index is 11.3. The van der Waals surface area contributed by atoms with Gasteiger partial charge in [0, 0.05) is 69.5 Å². The van der Waals surface area contributed by atoms with Crippen molar-refractivity contribution < 1.29 is 19.3 Å². The van der Waals surface area contributed by atoms with Gasteiger partial charge in [-0.05, 0) is 30.5 Å². The number of likely N-dealkylation sites (tertiary alicyclic amines) is 1. The molecule has 3 heterocycles. The molecule has 2 aliphatic heterocycles. The first-order chi connectivity index (χ1) is 17.6. The van der Waals surface area contributed by atoms with Gasteiger partial charge in [-0.1, -0.05) is 19.4 Å². The average Bonchev–Trinajstić information content (AvgIpc) is 3.64. The second-order valence-electron chi connectivity index (χ2n) is 9.65. The Bertz CT molecular complexity index is 969. The molecule has 4 rings (SSSR count). The number of nitrogens with two attached hydrogens (primary N) is 1. The Morgan fingerprint density at radius 1 is 1.36 bits per heavy atom. The largest absolute Gasteiger partial charge is 0.493 e. The number of ether oxygens (including phenoxy) is 3. The van der Waals surface area contributed by atoms with E-state index in [1.165, 1.54) is 0 Å². The third kappa shape index (κ3) is 5.86. The van der Waals surface area contributed by atoms with Crippen LogP contribution in [0.25, 0.3) is 0 Å². The molecule has 2 aliphatic rings. The minimum atomic E-state index is -0.577. The van der Waals surface area contributed by atoms with Crippen molar-refractivity contribution in [3.05, 3.63) is 49.1 Å². The van der Waals surface area contributed by atoms with Gasteiger partial charge in [0.15, 0.2) is 11.5 Å². The molecule has 1 aromatic heterocycles. The van der Waals surface area contributed by atoms with Crippen LogP contribution < -0.4 is 19.9 Å². The molecule has 36 heavy (non-hydrogen) atoms. The summed E-state index contributed by atoms with van der Waals surface area (Å²) in [7, 11) is 1.65. The highest BCUT2D eigenvalue weighted by Crippen LogP contribution is 2.47. The lowest BCUT2D eigenvalue weighted by Crippen LogP contribution is -2.48. The Labute approximate surface area is 214 Å². The van der Waals surface area contributed by atoms with E-state index in [2.05, 4.69) is 51.1 Å². The number of hydrogen-bond acceptors (Lipinski definition) is 8. The molecule has 2 aromatic rings. The van der Waals surface area contributed by atoms with Crippen molar-refractivity contribution in [2.24, 2.45) is 11.7 Å². The minimum absolute atomic E-state index is 0.185. The summed E-state index contributed by atoms with van der Waals surface area (Å²) in [5, 5.41) is 11.3. The van der Waals surface area contributed by atoms with E-state index in [4.69, 9.17) is 19.9 Å². The molecule has 1 saturated heterocycles. The van der Waals surface area contributed by atoms with Crippen molar-refractivity contribution >= 4 is 0 Å². The molecule has 0 spiro atoms. The Morgan fingerprint density at radius 2 is 2.22 bits per heavy atom. The molecule has 0 radical (unpaired) electrons. The van der Waals surface area contributed by atoms with Crippen LogP contribution in [0.4, 0.5) is 0 Å². The molecular weight excluding hydrogens is 458 g/mol. The Hall–Kier alpha value is -2.59. The van der Waals surface area contributed by atoms with E-state index in [1.807, 2.05) is 12.5 Å². The van der Waals surface area contributed by atoms with Gasteiger partial charge < -0.3 is 29.6 Å². The Kier molecular flexibility index (Phi) is 9.25. The monoisotopic (exact) mass is 499 g/mol. The number of hydrogen-bond donors (Lipinski definition) is 2. The normalized spacial score (nSPS) is 22.3. The molecule has 4 atom stereocenters. The van der Waals surface area contributed by atoms with E-state index in [9.17, 15) is 5.11 Å². The number of fused-ring (bicyclic) bond motifs is 1. The summed E-state index contributed by atoms with van der Waals surface area (Å²) in [6.45, 7) is 10.8. The van der Waals surface area contributed by atoms with Crippen molar-refractivity contribution in [3.8, 4) is 17.2 Å². The zero-order valence-electron chi connectivity index (χ0n) is 21.6. The maximum absolute atomic E-state index is 11.3. The van der Waals surface area contributed by atoms with Gasteiger partial charge in [0.05, 0.1) is 13.4 Å². The molecule has 9 heteroatoms. The van der Waals surface area contributed by atoms with Crippen molar-refractivity contribution in [3.63, 3.8) is 0 Å². The number of aliphatic hydroxyl groups excluding tert-OH is 1. The Balaban J connectivity index is 1.59. The smallest absolute Gasteiger partial charge is 0.231 e. The van der Waals surface area contributed by atoms with Gasteiger partial charge in [0.1, 0.15) is 6.23 Å². The molecule has 1 aromatic carbocycles. The zero-order valence-corrected chi connectivity index (χ0v) is 21.6. The average molecular weight is 500 g/mol. The predicted octanol–water partition coefficient (Wildman–Crippen LogP) is 2.66. The highest BCUT2D eigenvalue weighted by atomic mass is 16.7. The number of methoxy groups -OCH3 is 1. The van der Waals surface area contributed by atoms with Crippen LogP contribution in [0.2, 0.25) is 0 Å². The van der Waals surface area contributed by atoms with Crippen molar-refractivity contribution in [1.82, 2.24) is 19.4 Å². The zero-order chi connectivity index (χ0) is 25.5. The summed E-state index contributed by atoms with van der Waals surface area (Å²) in [5.74, 6) is 2.44. The van der Waals surface area contributed by atoms with Crippen LogP contribution in [-0.2, 0) is 6.54 Å². The van der Waals surface area contributed by atoms with Crippen molar-refractivity contribution in [1.29, 1.82) is 0 Å². The third-order valence-corrected chi connectivity index (χ3v) is 7.47. The molecular formula is C27H41N5O4. The number of aromatic nitrogens is 2. The number of benzene rings is 1. The molecule has 0 bridgehead atoms. The topological polar surface area (TPSA) is 98.2 Å². The third-order valence-electron chi connectivity index (χ3n) is 7.47. The molecule has 3 N–H and O–H groups in total. The SMILES string of the molecule is C=C[C@@H]1[C@@H](c2cc(OC)c3c(c2)OCO3)CN(CC(O)N(CCN)CCCC)[C@H]1CCn1ccnc1. The van der Waals surface area contributed by atoms with Gasteiger partial charge in [-0.3, -0.25) is 9.80 Å². The van der Waals surface area contributed by atoms with E-state index in [0.717, 1.165) is 44.5 Å². The van der Waals surface area contributed by atoms with E-state index in [0.29, 0.717) is 36.9 Å². The lowest BCUT2D eigenvalue weighted by Gasteiger charge is -2.34. The number of β-amino-alcohol motifs (C(OH)–C–C–N with tert-alkyl or cyclic N) is 1. The summed E-state index contributed by atoms with van der Waals surface area (Å²) in [5.41, 5.74) is 7.00. The van der Waals surface area contributed by atoms with E-state index >= 15 is 0 Å². The number of aliphatic hydroxyl groups is 1. The first-order valence-corrected chi connectivity index (χ1v) is 13.0. The van der Waals surface area contributed by atoms with Crippen LogP contribution in [0.5, 0.6) is 17.2 Å². The fraction of sp³-hybridized carbons (Fsp3) is 0.593. The number of rotatable bonds is 14. The van der Waals surface area contributed by atoms with Gasteiger partial charge in [-0.2, -0.15) is 0 Å². The first-order valence-electron chi connectivity index (χ1n) is 13.0. The summed E-state index contributed by atoms with van der Waals surface area (Å²) >= 11 is 0. The summed E-state index contributed by atoms with van der Waals surface area (Å²) < 4.78 is 19.1. The first kappa shape index (κ1) is 26.5. The van der Waals surface area contributed by atoms with Crippen LogP contribution in [-0.4, -0.2) is 83.4 Å². The molecule has 0 amide bonds. The molecule has 1 fully saturated rings. The van der Waals surface area contributed by atoms with Gasteiger partial charge in [-0.25, -0.2) is 4.98 Å². The predicted molar refractivity (Wildman–Crippen MR) is 139 cm³/mol. The number of imidazole rings is 1. The van der Waals surface area contributed by atoms with Crippen molar-refractivity contribution in [2.75, 3.05) is 46.6 Å². The minimum Gasteiger partial charge on any atom is -0.493 e. The van der Waals surface area contributed by atoms with Gasteiger partial charge in [0.25, 0.3) is 0 Å². The summed E-state index contributed by atoms with van der Waals surface area (Å²) in [4.78, 5) is 8.72. The quantitative estimate of drug-likeness (QED) is 0.302. The highest BCUT2D eigenvalue weighted by molar-refractivity contribution is 5.56. The van der Waals surface area contributed by atoms with Crippen LogP contribution in [0.3, 0.4) is 0 Å². The van der Waals surface area contributed by atoms with E-state index in [-0.39, 0.29) is 24.7 Å². The maximum Gasteiger partial charge on any atom is 0.231 e. The highest BCUT2D eigenvalue weighted by Gasteiger charge is 2.42. The summed E-state index contributed by atoms with van der Waals surface area (Å²) in [6, 6.07) is 4.34. The molecule has 9 nitrogen and oxygen atoms in total. The van der Waals surface area contributed by atoms with Crippen LogP contribution >= 0.6 is 0 Å². The van der Waals surface area contributed by atoms with Gasteiger partial charge in [-0.15, -0.1) is 6.58 Å². The lowest BCUT2D eigenvalue weighted by atomic mass is 9.84. The molecule has 0 saturated carbocycles. The van der Waals surface area contributed by atoms with Gasteiger partial charge >= 0.3 is 0 Å². The molecule has 198 valence electrons. The Morgan fingerprint density at radius 3 is 2.92 bits per heavy atom. The van der Waals surface area contributed by atoms with Crippen LogP contribution in [0, 0.1) is 5.92 Å². The number of nitrogens with zero attached hydrogens (tertiary/aromatic N) is 4. The number of aryl methyl sites for hydroxylation is 1. The molecule has 0 aliphatic carbocycles. The van der Waals surface area contributed by atoms with Crippen molar-refractivity contribution in [2.45, 2.75) is 50.9 Å². The van der Waals surface area contributed by atoms with Crippen LogP contribution in [0.1, 0.15) is 37.7 Å². The fourth-order valence-corrected chi connectivity index (χ4v) is 5.58. The number of unbranched alkanes of at least 4 members (excludes halogenated alkanes) is 1. The second-order valence-corrected chi connectivity index (χ2v) is 9.65. The van der Waals surface area contributed by atoms with E-state index < -0.39 is 6.23 Å². The van der Waals surface area contributed by atoms with E-state index in [1.54, 1.807) is 13.3 Å². The second kappa shape index (κ2) is 12.6. The standard InChI is InChI=1S/C27H41N5O4/c1-4-6-10-31(12-8-28)26(33)17-32-16-22(20-14-24(34-3)27-25(15-20)35-19-36-27)21(5-2)23(32)7-11-30-13-9-29-18-30/h5,9,13-15,18,21-23,26,33H,2,4,6-8,10-12,16-17,19,28H2,1,3H3/t21-,22-,23+,26?/m1/s1. The van der Waals surface area contributed by atoms with Crippen LogP contribution in [0.15, 0.2) is 43.5 Å². The lowest BCUT2D eigenvalue weighted by molar-refractivity contribution is -0.0246. The fourth-order valence-electron chi connectivity index (χ4n) is 5.58. The summed E-state index contributed by atoms with van der Waals surface area (Å²) in [6.07, 6.45) is 10.2. The van der Waals surface area contributed by atoms with Gasteiger partial charge in [0.2, 0.25) is 12.5 Å².